The predicted molar refractivity (Wildman–Crippen MR) is 97.6 cm³/mol. The van der Waals surface area contributed by atoms with Crippen LogP contribution in [0.5, 0.6) is 0 Å². The van der Waals surface area contributed by atoms with E-state index in [1.807, 2.05) is 42.8 Å². The first-order chi connectivity index (χ1) is 11.5. The molecule has 0 radical (unpaired) electrons. The second kappa shape index (κ2) is 8.35. The molecule has 5 nitrogen and oxygen atoms in total. The van der Waals surface area contributed by atoms with Gasteiger partial charge in [-0.05, 0) is 38.3 Å². The average molecular weight is 347 g/mol. The lowest BCUT2D eigenvalue weighted by atomic mass is 9.95. The quantitative estimate of drug-likeness (QED) is 0.721. The van der Waals surface area contributed by atoms with Crippen molar-refractivity contribution in [3.63, 3.8) is 0 Å². The molecule has 2 rings (SSSR count). The minimum atomic E-state index is -0.363. The van der Waals surface area contributed by atoms with Gasteiger partial charge in [-0.1, -0.05) is 36.9 Å². The second-order valence-electron chi connectivity index (χ2n) is 6.09. The molecule has 0 saturated heterocycles. The maximum Gasteiger partial charge on any atom is 0.230 e. The van der Waals surface area contributed by atoms with E-state index in [2.05, 4.69) is 23.3 Å². The molecule has 0 aliphatic carbocycles. The van der Waals surface area contributed by atoms with E-state index >= 15 is 0 Å². The SMILES string of the molecule is CCC(C)(CCO)NC(=O)CSc1nccn1-c1ccccc1C. The first-order valence-electron chi connectivity index (χ1n) is 8.13. The van der Waals surface area contributed by atoms with Crippen molar-refractivity contribution in [1.29, 1.82) is 0 Å². The number of hydrogen-bond acceptors (Lipinski definition) is 4. The molecule has 24 heavy (non-hydrogen) atoms. The molecule has 1 aromatic heterocycles. The summed E-state index contributed by atoms with van der Waals surface area (Å²) in [6, 6.07) is 8.09. The van der Waals surface area contributed by atoms with Crippen molar-refractivity contribution >= 4 is 17.7 Å². The van der Waals surface area contributed by atoms with Crippen LogP contribution in [0.3, 0.4) is 0 Å². The van der Waals surface area contributed by atoms with Crippen molar-refractivity contribution < 1.29 is 9.90 Å². The standard InChI is InChI=1S/C18H25N3O2S/c1-4-18(3,9-12-22)20-16(23)13-24-17-19-10-11-21(17)15-8-6-5-7-14(15)2/h5-8,10-11,22H,4,9,12-13H2,1-3H3,(H,20,23). The van der Waals surface area contributed by atoms with Gasteiger partial charge in [0.1, 0.15) is 0 Å². The van der Waals surface area contributed by atoms with Crippen molar-refractivity contribution in [2.75, 3.05) is 12.4 Å². The number of carbonyl (C=O) groups is 1. The molecule has 1 heterocycles. The number of amides is 1. The Morgan fingerprint density at radius 3 is 2.83 bits per heavy atom. The molecular weight excluding hydrogens is 322 g/mol. The molecule has 1 unspecified atom stereocenters. The molecule has 0 bridgehead atoms. The largest absolute Gasteiger partial charge is 0.396 e. The highest BCUT2D eigenvalue weighted by molar-refractivity contribution is 7.99. The Morgan fingerprint density at radius 2 is 2.17 bits per heavy atom. The fourth-order valence-corrected chi connectivity index (χ4v) is 3.26. The van der Waals surface area contributed by atoms with Crippen LogP contribution in [0.15, 0.2) is 41.8 Å². The van der Waals surface area contributed by atoms with Crippen LogP contribution in [0.25, 0.3) is 5.69 Å². The predicted octanol–water partition coefficient (Wildman–Crippen LogP) is 2.94. The monoisotopic (exact) mass is 347 g/mol. The number of nitrogens with one attached hydrogen (secondary N) is 1. The Balaban J connectivity index is 2.02. The van der Waals surface area contributed by atoms with Crippen LogP contribution in [0.4, 0.5) is 0 Å². The lowest BCUT2D eigenvalue weighted by Crippen LogP contribution is -2.46. The van der Waals surface area contributed by atoms with Gasteiger partial charge >= 0.3 is 0 Å². The van der Waals surface area contributed by atoms with Gasteiger partial charge in [-0.15, -0.1) is 0 Å². The van der Waals surface area contributed by atoms with E-state index in [1.54, 1.807) is 6.20 Å². The summed E-state index contributed by atoms with van der Waals surface area (Å²) in [5, 5.41) is 13.0. The molecule has 130 valence electrons. The van der Waals surface area contributed by atoms with Crippen LogP contribution in [0.2, 0.25) is 0 Å². The Kier molecular flexibility index (Phi) is 6.45. The van der Waals surface area contributed by atoms with Crippen molar-refractivity contribution in [2.45, 2.75) is 44.3 Å². The summed E-state index contributed by atoms with van der Waals surface area (Å²) in [7, 11) is 0. The Labute approximate surface area is 147 Å². The highest BCUT2D eigenvalue weighted by Crippen LogP contribution is 2.23. The van der Waals surface area contributed by atoms with E-state index < -0.39 is 0 Å². The minimum Gasteiger partial charge on any atom is -0.396 e. The molecule has 6 heteroatoms. The summed E-state index contributed by atoms with van der Waals surface area (Å²) >= 11 is 1.41. The summed E-state index contributed by atoms with van der Waals surface area (Å²) in [6.45, 7) is 6.08. The average Bonchev–Trinajstić information content (AvgIpc) is 3.02. The maximum atomic E-state index is 12.3. The Hall–Kier alpha value is -1.79. The van der Waals surface area contributed by atoms with Crippen LogP contribution in [0, 0.1) is 6.92 Å². The molecule has 0 saturated carbocycles. The summed E-state index contributed by atoms with van der Waals surface area (Å²) in [5.74, 6) is 0.251. The number of hydrogen-bond donors (Lipinski definition) is 2. The van der Waals surface area contributed by atoms with Gasteiger partial charge < -0.3 is 10.4 Å². The number of rotatable bonds is 8. The van der Waals surface area contributed by atoms with Gasteiger partial charge in [0, 0.05) is 24.5 Å². The molecule has 2 aromatic rings. The summed E-state index contributed by atoms with van der Waals surface area (Å²) in [5.41, 5.74) is 1.86. The molecule has 1 atom stereocenters. The topological polar surface area (TPSA) is 67.2 Å². The lowest BCUT2D eigenvalue weighted by molar-refractivity contribution is -0.120. The van der Waals surface area contributed by atoms with Crippen molar-refractivity contribution in [3.05, 3.63) is 42.2 Å². The zero-order chi connectivity index (χ0) is 17.6. The summed E-state index contributed by atoms with van der Waals surface area (Å²) in [6.07, 6.45) is 4.98. The van der Waals surface area contributed by atoms with E-state index in [4.69, 9.17) is 5.11 Å². The Morgan fingerprint density at radius 1 is 1.42 bits per heavy atom. The van der Waals surface area contributed by atoms with Crippen molar-refractivity contribution in [2.24, 2.45) is 0 Å². The number of aliphatic hydroxyl groups excluding tert-OH is 1. The van der Waals surface area contributed by atoms with Crippen LogP contribution < -0.4 is 5.32 Å². The number of aliphatic hydroxyl groups is 1. The highest BCUT2D eigenvalue weighted by Gasteiger charge is 2.23. The summed E-state index contributed by atoms with van der Waals surface area (Å²) in [4.78, 5) is 16.6. The van der Waals surface area contributed by atoms with Gasteiger partial charge in [-0.25, -0.2) is 4.98 Å². The fourth-order valence-electron chi connectivity index (χ4n) is 2.49. The third-order valence-electron chi connectivity index (χ3n) is 4.20. The van der Waals surface area contributed by atoms with Gasteiger partial charge in [0.15, 0.2) is 5.16 Å². The van der Waals surface area contributed by atoms with E-state index in [0.717, 1.165) is 22.8 Å². The molecule has 0 aliphatic rings. The van der Waals surface area contributed by atoms with Crippen molar-refractivity contribution in [3.8, 4) is 5.69 Å². The summed E-state index contributed by atoms with van der Waals surface area (Å²) < 4.78 is 2.00. The fraction of sp³-hybridized carbons (Fsp3) is 0.444. The molecule has 0 aliphatic heterocycles. The van der Waals surface area contributed by atoms with Crippen LogP contribution >= 0.6 is 11.8 Å². The van der Waals surface area contributed by atoms with Gasteiger partial charge in [0.2, 0.25) is 5.91 Å². The zero-order valence-electron chi connectivity index (χ0n) is 14.5. The van der Waals surface area contributed by atoms with Crippen molar-refractivity contribution in [1.82, 2.24) is 14.9 Å². The molecule has 0 spiro atoms. The van der Waals surface area contributed by atoms with Crippen LogP contribution in [-0.2, 0) is 4.79 Å². The van der Waals surface area contributed by atoms with E-state index in [-0.39, 0.29) is 18.1 Å². The normalized spacial score (nSPS) is 13.5. The minimum absolute atomic E-state index is 0.0443. The molecular formula is C18H25N3O2S. The van der Waals surface area contributed by atoms with Crippen LogP contribution in [-0.4, -0.2) is 38.5 Å². The number of thioether (sulfide) groups is 1. The zero-order valence-corrected chi connectivity index (χ0v) is 15.3. The number of carbonyl (C=O) groups excluding carboxylic acids is 1. The smallest absolute Gasteiger partial charge is 0.230 e. The first-order valence-corrected chi connectivity index (χ1v) is 9.11. The Bertz CT molecular complexity index is 686. The van der Waals surface area contributed by atoms with Crippen LogP contribution in [0.1, 0.15) is 32.3 Å². The first kappa shape index (κ1) is 18.5. The van der Waals surface area contributed by atoms with E-state index in [1.165, 1.54) is 11.8 Å². The van der Waals surface area contributed by atoms with Gasteiger partial charge in [0.05, 0.1) is 11.4 Å². The van der Waals surface area contributed by atoms with Gasteiger partial charge in [-0.2, -0.15) is 0 Å². The molecule has 0 fully saturated rings. The van der Waals surface area contributed by atoms with Gasteiger partial charge in [-0.3, -0.25) is 9.36 Å². The number of aromatic nitrogens is 2. The highest BCUT2D eigenvalue weighted by atomic mass is 32.2. The number of aryl methyl sites for hydroxylation is 1. The molecule has 1 aromatic carbocycles. The number of nitrogens with zero attached hydrogens (tertiary/aromatic N) is 2. The van der Waals surface area contributed by atoms with E-state index in [0.29, 0.717) is 12.2 Å². The second-order valence-corrected chi connectivity index (χ2v) is 7.03. The molecule has 2 N–H and O–H groups in total. The number of para-hydroxylation sites is 1. The van der Waals surface area contributed by atoms with E-state index in [9.17, 15) is 4.79 Å². The number of benzene rings is 1. The third-order valence-corrected chi connectivity index (χ3v) is 5.17. The molecule has 1 amide bonds. The lowest BCUT2D eigenvalue weighted by Gasteiger charge is -2.28. The third kappa shape index (κ3) is 4.61. The maximum absolute atomic E-state index is 12.3. The van der Waals surface area contributed by atoms with Gasteiger partial charge in [0.25, 0.3) is 0 Å². The number of imidazole rings is 1.